The summed E-state index contributed by atoms with van der Waals surface area (Å²) in [5, 5.41) is 7.77. The van der Waals surface area contributed by atoms with Crippen LogP contribution >= 0.6 is 0 Å². The highest BCUT2D eigenvalue weighted by Crippen LogP contribution is 2.45. The van der Waals surface area contributed by atoms with Crippen LogP contribution in [0.25, 0.3) is 0 Å². The topological polar surface area (TPSA) is 56.1 Å². The van der Waals surface area contributed by atoms with E-state index in [-0.39, 0.29) is 17.4 Å². The highest BCUT2D eigenvalue weighted by atomic mass is 16.5. The van der Waals surface area contributed by atoms with Crippen LogP contribution in [0, 0.1) is 5.41 Å². The van der Waals surface area contributed by atoms with Crippen molar-refractivity contribution in [3.05, 3.63) is 53.3 Å². The van der Waals surface area contributed by atoms with Crippen molar-refractivity contribution in [3.63, 3.8) is 0 Å². The number of carbonyl (C=O) groups is 1. The summed E-state index contributed by atoms with van der Waals surface area (Å²) in [5.41, 5.74) is 3.28. The lowest BCUT2D eigenvalue weighted by molar-refractivity contribution is -0.126. The van der Waals surface area contributed by atoms with Crippen molar-refractivity contribution in [1.82, 2.24) is 15.1 Å². The zero-order valence-corrected chi connectivity index (χ0v) is 14.0. The minimum Gasteiger partial charge on any atom is -0.370 e. The molecular weight excluding hydrogens is 302 g/mol. The highest BCUT2D eigenvalue weighted by molar-refractivity contribution is 5.84. The zero-order chi connectivity index (χ0) is 16.6. The number of amides is 1. The van der Waals surface area contributed by atoms with Crippen LogP contribution in [0.3, 0.4) is 0 Å². The van der Waals surface area contributed by atoms with Gasteiger partial charge in [-0.1, -0.05) is 37.3 Å². The normalized spacial score (nSPS) is 21.1. The molecule has 24 heavy (non-hydrogen) atoms. The van der Waals surface area contributed by atoms with E-state index < -0.39 is 0 Å². The van der Waals surface area contributed by atoms with Crippen molar-refractivity contribution >= 4 is 5.91 Å². The Bertz CT molecular complexity index is 734. The van der Waals surface area contributed by atoms with Crippen molar-refractivity contribution in [2.45, 2.75) is 38.8 Å². The Hall–Kier alpha value is -2.14. The van der Waals surface area contributed by atoms with Crippen molar-refractivity contribution in [2.24, 2.45) is 5.41 Å². The Morgan fingerprint density at radius 1 is 1.38 bits per heavy atom. The summed E-state index contributed by atoms with van der Waals surface area (Å²) in [4.78, 5) is 12.1. The first-order valence-corrected chi connectivity index (χ1v) is 8.64. The lowest BCUT2D eigenvalue weighted by Crippen LogP contribution is -2.35. The fourth-order valence-corrected chi connectivity index (χ4v) is 3.15. The smallest absolute Gasteiger partial charge is 0.226 e. The number of benzene rings is 1. The number of nitrogens with zero attached hydrogens (tertiary/aromatic N) is 2. The molecule has 4 rings (SSSR count). The third-order valence-electron chi connectivity index (χ3n) is 5.05. The van der Waals surface area contributed by atoms with E-state index in [0.717, 1.165) is 31.5 Å². The van der Waals surface area contributed by atoms with E-state index in [1.54, 1.807) is 0 Å². The van der Waals surface area contributed by atoms with Gasteiger partial charge in [0.05, 0.1) is 18.8 Å². The molecule has 2 aromatic rings. The van der Waals surface area contributed by atoms with Gasteiger partial charge in [-0.15, -0.1) is 0 Å². The van der Waals surface area contributed by atoms with Crippen LogP contribution in [0.2, 0.25) is 0 Å². The molecule has 1 saturated carbocycles. The SMILES string of the molecule is CC1(C(=O)NCC2OCCc3cn(Cc4ccccc4)nc32)CC1. The molecule has 0 spiro atoms. The molecule has 0 saturated heterocycles. The Labute approximate surface area is 142 Å². The van der Waals surface area contributed by atoms with Crippen molar-refractivity contribution < 1.29 is 9.53 Å². The number of fused-ring (bicyclic) bond motifs is 1. The van der Waals surface area contributed by atoms with Gasteiger partial charge in [-0.25, -0.2) is 0 Å². The molecule has 0 bridgehead atoms. The van der Waals surface area contributed by atoms with Gasteiger partial charge in [-0.05, 0) is 30.4 Å². The minimum atomic E-state index is -0.149. The zero-order valence-electron chi connectivity index (χ0n) is 14.0. The summed E-state index contributed by atoms with van der Waals surface area (Å²) >= 11 is 0. The first-order valence-electron chi connectivity index (χ1n) is 8.64. The number of aromatic nitrogens is 2. The molecule has 1 amide bonds. The maximum absolute atomic E-state index is 12.1. The Morgan fingerprint density at radius 2 is 2.17 bits per heavy atom. The maximum atomic E-state index is 12.1. The van der Waals surface area contributed by atoms with Gasteiger partial charge in [0.15, 0.2) is 0 Å². The summed E-state index contributed by atoms with van der Waals surface area (Å²) in [7, 11) is 0. The number of hydrogen-bond donors (Lipinski definition) is 1. The van der Waals surface area contributed by atoms with Crippen LogP contribution in [0.15, 0.2) is 36.5 Å². The van der Waals surface area contributed by atoms with Crippen molar-refractivity contribution in [3.8, 4) is 0 Å². The van der Waals surface area contributed by atoms with Gasteiger partial charge >= 0.3 is 0 Å². The van der Waals surface area contributed by atoms with Crippen LogP contribution in [-0.4, -0.2) is 28.8 Å². The molecule has 1 unspecified atom stereocenters. The quantitative estimate of drug-likeness (QED) is 0.919. The summed E-state index contributed by atoms with van der Waals surface area (Å²) in [6.45, 7) is 3.96. The monoisotopic (exact) mass is 325 g/mol. The molecule has 1 aliphatic carbocycles. The van der Waals surface area contributed by atoms with Crippen LogP contribution < -0.4 is 5.32 Å². The van der Waals surface area contributed by atoms with Crippen LogP contribution in [0.4, 0.5) is 0 Å². The second-order valence-corrected chi connectivity index (χ2v) is 7.10. The molecule has 2 heterocycles. The molecule has 1 aromatic carbocycles. The molecule has 1 aliphatic heterocycles. The molecular formula is C19H23N3O2. The van der Waals surface area contributed by atoms with Gasteiger partial charge in [0.2, 0.25) is 5.91 Å². The van der Waals surface area contributed by atoms with Gasteiger partial charge in [0, 0.05) is 18.2 Å². The van der Waals surface area contributed by atoms with E-state index >= 15 is 0 Å². The van der Waals surface area contributed by atoms with E-state index in [1.165, 1.54) is 11.1 Å². The summed E-state index contributed by atoms with van der Waals surface area (Å²) < 4.78 is 7.84. The maximum Gasteiger partial charge on any atom is 0.226 e. The molecule has 1 aromatic heterocycles. The minimum absolute atomic E-state index is 0.141. The molecule has 0 radical (unpaired) electrons. The predicted molar refractivity (Wildman–Crippen MR) is 90.5 cm³/mol. The number of carbonyl (C=O) groups excluding carboxylic acids is 1. The molecule has 5 nitrogen and oxygen atoms in total. The Kier molecular flexibility index (Phi) is 3.88. The Morgan fingerprint density at radius 3 is 2.92 bits per heavy atom. The van der Waals surface area contributed by atoms with E-state index in [1.807, 2.05) is 29.8 Å². The molecule has 1 N–H and O–H groups in total. The van der Waals surface area contributed by atoms with Gasteiger partial charge < -0.3 is 10.1 Å². The van der Waals surface area contributed by atoms with E-state index in [9.17, 15) is 4.79 Å². The first-order chi connectivity index (χ1) is 11.6. The van der Waals surface area contributed by atoms with E-state index in [2.05, 4.69) is 23.6 Å². The molecule has 2 aliphatic rings. The standard InChI is InChI=1S/C19H23N3O2/c1-19(8-9-19)18(23)20-11-16-17-15(7-10-24-16)13-22(21-17)12-14-5-3-2-4-6-14/h2-6,13,16H,7-12H2,1H3,(H,20,23). The third kappa shape index (κ3) is 3.08. The summed E-state index contributed by atoms with van der Waals surface area (Å²) in [6.07, 6.45) is 4.83. The van der Waals surface area contributed by atoms with Crippen LogP contribution in [-0.2, 0) is 22.5 Å². The number of nitrogens with one attached hydrogen (secondary N) is 1. The lowest BCUT2D eigenvalue weighted by Gasteiger charge is -2.23. The lowest BCUT2D eigenvalue weighted by atomic mass is 10.1. The van der Waals surface area contributed by atoms with Crippen molar-refractivity contribution in [1.29, 1.82) is 0 Å². The second kappa shape index (κ2) is 6.06. The van der Waals surface area contributed by atoms with Gasteiger partial charge in [-0.2, -0.15) is 5.10 Å². The Balaban J connectivity index is 1.45. The average molecular weight is 325 g/mol. The van der Waals surface area contributed by atoms with Crippen molar-refractivity contribution in [2.75, 3.05) is 13.2 Å². The highest BCUT2D eigenvalue weighted by Gasteiger charge is 2.45. The number of hydrogen-bond acceptors (Lipinski definition) is 3. The summed E-state index contributed by atoms with van der Waals surface area (Å²) in [5.74, 6) is 0.141. The van der Waals surface area contributed by atoms with Gasteiger partial charge in [0.1, 0.15) is 6.10 Å². The van der Waals surface area contributed by atoms with E-state index in [4.69, 9.17) is 9.84 Å². The molecule has 1 atom stereocenters. The molecule has 126 valence electrons. The van der Waals surface area contributed by atoms with E-state index in [0.29, 0.717) is 13.2 Å². The molecule has 5 heteroatoms. The molecule has 1 fully saturated rings. The number of rotatable bonds is 5. The van der Waals surface area contributed by atoms with Crippen LogP contribution in [0.1, 0.15) is 42.7 Å². The first kappa shape index (κ1) is 15.4. The third-order valence-corrected chi connectivity index (χ3v) is 5.05. The van der Waals surface area contributed by atoms with Gasteiger partial charge in [0.25, 0.3) is 0 Å². The number of ether oxygens (including phenoxy) is 1. The average Bonchev–Trinajstić information content (AvgIpc) is 3.21. The summed E-state index contributed by atoms with van der Waals surface area (Å²) in [6, 6.07) is 10.3. The fourth-order valence-electron chi connectivity index (χ4n) is 3.15. The van der Waals surface area contributed by atoms with Crippen LogP contribution in [0.5, 0.6) is 0 Å². The van der Waals surface area contributed by atoms with Gasteiger partial charge in [-0.3, -0.25) is 9.48 Å². The predicted octanol–water partition coefficient (Wildman–Crippen LogP) is 2.46. The fraction of sp³-hybridized carbons (Fsp3) is 0.474. The second-order valence-electron chi connectivity index (χ2n) is 7.10. The largest absolute Gasteiger partial charge is 0.370 e.